The number of hydrogen-bond acceptors (Lipinski definition) is 4. The van der Waals surface area contributed by atoms with E-state index in [1.54, 1.807) is 48.5 Å². The number of hydrogen-bond donors (Lipinski definition) is 2. The van der Waals surface area contributed by atoms with Crippen LogP contribution in [0.15, 0.2) is 53.4 Å². The molecule has 150 valence electrons. The Morgan fingerprint density at radius 3 is 2.29 bits per heavy atom. The van der Waals surface area contributed by atoms with E-state index in [9.17, 15) is 18.3 Å². The quantitative estimate of drug-likeness (QED) is 0.746. The van der Waals surface area contributed by atoms with Gasteiger partial charge in [-0.25, -0.2) is 8.42 Å². The van der Waals surface area contributed by atoms with Crippen molar-refractivity contribution in [2.75, 3.05) is 6.54 Å². The van der Waals surface area contributed by atoms with Crippen LogP contribution in [0.25, 0.3) is 0 Å². The minimum atomic E-state index is -3.43. The van der Waals surface area contributed by atoms with Crippen LogP contribution in [-0.2, 0) is 15.6 Å². The number of sulfone groups is 1. The van der Waals surface area contributed by atoms with Gasteiger partial charge in [-0.05, 0) is 55.5 Å². The summed E-state index contributed by atoms with van der Waals surface area (Å²) in [6.07, 6.45) is 3.80. The second-order valence-corrected chi connectivity index (χ2v) is 9.58. The summed E-state index contributed by atoms with van der Waals surface area (Å²) < 4.78 is 25.1. The fourth-order valence-corrected chi connectivity index (χ4v) is 4.96. The van der Waals surface area contributed by atoms with Crippen LogP contribution < -0.4 is 5.32 Å². The second-order valence-electron chi connectivity index (χ2n) is 7.59. The number of amides is 1. The van der Waals surface area contributed by atoms with Crippen LogP contribution in [0.4, 0.5) is 0 Å². The highest BCUT2D eigenvalue weighted by atomic mass is 32.2. The van der Waals surface area contributed by atoms with Gasteiger partial charge in [0.2, 0.25) is 0 Å². The molecule has 2 aromatic rings. The van der Waals surface area contributed by atoms with Crippen LogP contribution in [0.2, 0.25) is 0 Å². The number of nitrogens with one attached hydrogen (secondary N) is 1. The van der Waals surface area contributed by atoms with Crippen molar-refractivity contribution in [1.82, 2.24) is 5.32 Å². The Morgan fingerprint density at radius 1 is 1.07 bits per heavy atom. The number of rotatable bonds is 7. The number of benzene rings is 2. The number of carbonyl (C=O) groups excluding carboxylic acids is 1. The Hall–Kier alpha value is -2.18. The summed E-state index contributed by atoms with van der Waals surface area (Å²) in [6, 6.07) is 13.3. The van der Waals surface area contributed by atoms with Gasteiger partial charge in [0.1, 0.15) is 0 Å². The average molecular weight is 402 g/mol. The second kappa shape index (κ2) is 8.88. The molecule has 1 saturated carbocycles. The molecule has 1 aliphatic carbocycles. The van der Waals surface area contributed by atoms with Crippen LogP contribution in [0.3, 0.4) is 0 Å². The van der Waals surface area contributed by atoms with E-state index in [2.05, 4.69) is 5.32 Å². The maximum atomic E-state index is 12.5. The lowest BCUT2D eigenvalue weighted by Gasteiger charge is -2.18. The number of aliphatic hydroxyl groups excluding tert-OH is 1. The molecule has 0 aromatic heterocycles. The molecule has 0 radical (unpaired) electrons. The first kappa shape index (κ1) is 20.6. The van der Waals surface area contributed by atoms with Crippen molar-refractivity contribution in [3.8, 4) is 0 Å². The number of aryl methyl sites for hydroxylation is 1. The van der Waals surface area contributed by atoms with Crippen LogP contribution in [0.5, 0.6) is 0 Å². The number of carbonyl (C=O) groups is 1. The van der Waals surface area contributed by atoms with Crippen molar-refractivity contribution >= 4 is 15.7 Å². The Morgan fingerprint density at radius 2 is 1.68 bits per heavy atom. The van der Waals surface area contributed by atoms with E-state index in [0.717, 1.165) is 31.2 Å². The first-order valence-corrected chi connectivity index (χ1v) is 11.3. The van der Waals surface area contributed by atoms with Gasteiger partial charge in [0.05, 0.1) is 16.8 Å². The van der Waals surface area contributed by atoms with Crippen LogP contribution in [-0.4, -0.2) is 32.1 Å². The lowest BCUT2D eigenvalue weighted by Crippen LogP contribution is -2.35. The molecule has 2 N–H and O–H groups in total. The predicted molar refractivity (Wildman–Crippen MR) is 109 cm³/mol. The van der Waals surface area contributed by atoms with Gasteiger partial charge < -0.3 is 10.4 Å². The van der Waals surface area contributed by atoms with Gasteiger partial charge in [-0.15, -0.1) is 0 Å². The topological polar surface area (TPSA) is 83.5 Å². The smallest absolute Gasteiger partial charge is 0.251 e. The monoisotopic (exact) mass is 401 g/mol. The summed E-state index contributed by atoms with van der Waals surface area (Å²) in [5, 5.41) is 12.9. The summed E-state index contributed by atoms with van der Waals surface area (Å²) >= 11 is 0. The van der Waals surface area contributed by atoms with E-state index < -0.39 is 15.9 Å². The highest BCUT2D eigenvalue weighted by Gasteiger charge is 2.23. The van der Waals surface area contributed by atoms with Crippen LogP contribution in [0.1, 0.15) is 47.2 Å². The SMILES string of the molecule is Cc1ccc(S(=O)(=O)Cc2ccc(C(=O)NCC(O)C3CCCC3)cc2)cc1. The van der Waals surface area contributed by atoms with Gasteiger partial charge in [-0.2, -0.15) is 0 Å². The van der Waals surface area contributed by atoms with E-state index in [4.69, 9.17) is 0 Å². The summed E-state index contributed by atoms with van der Waals surface area (Å²) in [4.78, 5) is 12.6. The molecule has 3 rings (SSSR count). The molecule has 0 bridgehead atoms. The molecule has 2 aromatic carbocycles. The zero-order chi connectivity index (χ0) is 20.1. The molecule has 0 saturated heterocycles. The first-order valence-electron chi connectivity index (χ1n) is 9.70. The lowest BCUT2D eigenvalue weighted by atomic mass is 10.0. The molecule has 1 unspecified atom stereocenters. The first-order chi connectivity index (χ1) is 13.3. The average Bonchev–Trinajstić information content (AvgIpc) is 3.21. The normalized spacial score (nSPS) is 16.1. The van der Waals surface area contributed by atoms with E-state index >= 15 is 0 Å². The van der Waals surface area contributed by atoms with E-state index in [-0.39, 0.29) is 24.1 Å². The van der Waals surface area contributed by atoms with E-state index in [1.807, 2.05) is 6.92 Å². The molecule has 28 heavy (non-hydrogen) atoms. The molecule has 0 heterocycles. The van der Waals surface area contributed by atoms with Gasteiger partial charge in [-0.3, -0.25) is 4.79 Å². The van der Waals surface area contributed by atoms with Gasteiger partial charge in [-0.1, -0.05) is 42.7 Å². The molecule has 1 aliphatic rings. The molecule has 0 spiro atoms. The Balaban J connectivity index is 1.58. The molecule has 1 atom stereocenters. The zero-order valence-corrected chi connectivity index (χ0v) is 16.9. The fraction of sp³-hybridized carbons (Fsp3) is 0.409. The maximum Gasteiger partial charge on any atom is 0.251 e. The maximum absolute atomic E-state index is 12.5. The third kappa shape index (κ3) is 5.20. The summed E-state index contributed by atoms with van der Waals surface area (Å²) in [5.41, 5.74) is 2.09. The third-order valence-corrected chi connectivity index (χ3v) is 7.07. The van der Waals surface area contributed by atoms with Gasteiger partial charge in [0.15, 0.2) is 9.84 Å². The summed E-state index contributed by atoms with van der Waals surface area (Å²) in [5.74, 6) is -0.0992. The van der Waals surface area contributed by atoms with Crippen molar-refractivity contribution in [2.24, 2.45) is 5.92 Å². The summed E-state index contributed by atoms with van der Waals surface area (Å²) in [6.45, 7) is 2.15. The predicted octanol–water partition coefficient (Wildman–Crippen LogP) is 3.25. The largest absolute Gasteiger partial charge is 0.391 e. The summed E-state index contributed by atoms with van der Waals surface area (Å²) in [7, 11) is -3.43. The standard InChI is InChI=1S/C22H27NO4S/c1-16-6-12-20(13-7-16)28(26,27)15-17-8-10-19(11-9-17)22(25)23-14-21(24)18-4-2-3-5-18/h6-13,18,21,24H,2-5,14-15H2,1H3,(H,23,25). The van der Waals surface area contributed by atoms with Crippen molar-refractivity contribution in [3.63, 3.8) is 0 Å². The minimum Gasteiger partial charge on any atom is -0.391 e. The van der Waals surface area contributed by atoms with Crippen molar-refractivity contribution in [3.05, 3.63) is 65.2 Å². The minimum absolute atomic E-state index is 0.113. The molecular weight excluding hydrogens is 374 g/mol. The molecular formula is C22H27NO4S. The van der Waals surface area contributed by atoms with Crippen LogP contribution >= 0.6 is 0 Å². The molecule has 0 aliphatic heterocycles. The molecule has 6 heteroatoms. The molecule has 5 nitrogen and oxygen atoms in total. The number of aliphatic hydroxyl groups is 1. The molecule has 1 fully saturated rings. The van der Waals surface area contributed by atoms with Gasteiger partial charge in [0.25, 0.3) is 5.91 Å². The van der Waals surface area contributed by atoms with Gasteiger partial charge in [0, 0.05) is 12.1 Å². The van der Waals surface area contributed by atoms with E-state index in [0.29, 0.717) is 16.0 Å². The zero-order valence-electron chi connectivity index (χ0n) is 16.1. The van der Waals surface area contributed by atoms with Crippen molar-refractivity contribution < 1.29 is 18.3 Å². The highest BCUT2D eigenvalue weighted by Crippen LogP contribution is 2.27. The Bertz CT molecular complexity index is 899. The Kier molecular flexibility index (Phi) is 6.52. The molecule has 1 amide bonds. The Labute approximate surface area is 166 Å². The highest BCUT2D eigenvalue weighted by molar-refractivity contribution is 7.90. The van der Waals surface area contributed by atoms with Crippen molar-refractivity contribution in [2.45, 2.75) is 49.4 Å². The van der Waals surface area contributed by atoms with Gasteiger partial charge >= 0.3 is 0 Å². The lowest BCUT2D eigenvalue weighted by molar-refractivity contribution is 0.0840. The third-order valence-electron chi connectivity index (χ3n) is 5.37. The fourth-order valence-electron chi connectivity index (χ4n) is 3.61. The van der Waals surface area contributed by atoms with E-state index in [1.165, 1.54) is 0 Å². The van der Waals surface area contributed by atoms with Crippen LogP contribution in [0, 0.1) is 12.8 Å². The van der Waals surface area contributed by atoms with Crippen molar-refractivity contribution in [1.29, 1.82) is 0 Å².